The molecule has 18 heavy (non-hydrogen) atoms. The SMILES string of the molecule is Cc1cnccc1NC(=O)c1ccc(F)cc1N. The normalized spacial score (nSPS) is 10.1. The van der Waals surface area contributed by atoms with E-state index < -0.39 is 5.82 Å². The molecule has 0 saturated carbocycles. The van der Waals surface area contributed by atoms with Gasteiger partial charge in [-0.3, -0.25) is 9.78 Å². The largest absolute Gasteiger partial charge is 0.398 e. The number of benzene rings is 1. The molecule has 2 rings (SSSR count). The second-order valence-electron chi connectivity index (χ2n) is 3.88. The van der Waals surface area contributed by atoms with E-state index in [1.165, 1.54) is 12.1 Å². The molecule has 0 fully saturated rings. The van der Waals surface area contributed by atoms with Crippen LogP contribution in [-0.4, -0.2) is 10.9 Å². The fraction of sp³-hybridized carbons (Fsp3) is 0.0769. The van der Waals surface area contributed by atoms with E-state index >= 15 is 0 Å². The first-order valence-electron chi connectivity index (χ1n) is 5.35. The van der Waals surface area contributed by atoms with Crippen LogP contribution in [0.3, 0.4) is 0 Å². The van der Waals surface area contributed by atoms with Gasteiger partial charge in [0.05, 0.1) is 5.56 Å². The Bertz CT molecular complexity index is 599. The number of carbonyl (C=O) groups excluding carboxylic acids is 1. The monoisotopic (exact) mass is 245 g/mol. The van der Waals surface area contributed by atoms with Crippen molar-refractivity contribution >= 4 is 17.3 Å². The maximum absolute atomic E-state index is 12.9. The lowest BCUT2D eigenvalue weighted by atomic mass is 10.1. The molecule has 92 valence electrons. The maximum atomic E-state index is 12.9. The lowest BCUT2D eigenvalue weighted by molar-refractivity contribution is 0.102. The van der Waals surface area contributed by atoms with Crippen LogP contribution >= 0.6 is 0 Å². The second-order valence-corrected chi connectivity index (χ2v) is 3.88. The summed E-state index contributed by atoms with van der Waals surface area (Å²) in [4.78, 5) is 15.9. The number of hydrogen-bond donors (Lipinski definition) is 2. The van der Waals surface area contributed by atoms with Crippen LogP contribution in [0.1, 0.15) is 15.9 Å². The van der Waals surface area contributed by atoms with E-state index in [0.717, 1.165) is 11.6 Å². The van der Waals surface area contributed by atoms with Gasteiger partial charge < -0.3 is 11.1 Å². The molecule has 0 radical (unpaired) electrons. The molecule has 5 heteroatoms. The first-order valence-corrected chi connectivity index (χ1v) is 5.35. The number of aromatic nitrogens is 1. The molecule has 0 atom stereocenters. The van der Waals surface area contributed by atoms with E-state index in [2.05, 4.69) is 10.3 Å². The topological polar surface area (TPSA) is 68.0 Å². The van der Waals surface area contributed by atoms with E-state index in [-0.39, 0.29) is 17.2 Å². The highest BCUT2D eigenvalue weighted by molar-refractivity contribution is 6.07. The number of pyridine rings is 1. The molecule has 4 nitrogen and oxygen atoms in total. The zero-order valence-corrected chi connectivity index (χ0v) is 9.77. The third-order valence-electron chi connectivity index (χ3n) is 2.53. The summed E-state index contributed by atoms with van der Waals surface area (Å²) in [5, 5.41) is 2.71. The van der Waals surface area contributed by atoms with Gasteiger partial charge in [0.1, 0.15) is 5.82 Å². The zero-order chi connectivity index (χ0) is 13.1. The maximum Gasteiger partial charge on any atom is 0.257 e. The van der Waals surface area contributed by atoms with Crippen LogP contribution in [-0.2, 0) is 0 Å². The summed E-state index contributed by atoms with van der Waals surface area (Å²) in [7, 11) is 0. The summed E-state index contributed by atoms with van der Waals surface area (Å²) in [6, 6.07) is 5.36. The Morgan fingerprint density at radius 3 is 2.83 bits per heavy atom. The lowest BCUT2D eigenvalue weighted by Crippen LogP contribution is -2.15. The minimum absolute atomic E-state index is 0.110. The predicted molar refractivity (Wildman–Crippen MR) is 67.7 cm³/mol. The minimum Gasteiger partial charge on any atom is -0.398 e. The Morgan fingerprint density at radius 2 is 2.17 bits per heavy atom. The number of halogens is 1. The molecule has 1 aromatic carbocycles. The van der Waals surface area contributed by atoms with Crippen molar-refractivity contribution in [2.45, 2.75) is 6.92 Å². The lowest BCUT2D eigenvalue weighted by Gasteiger charge is -2.09. The van der Waals surface area contributed by atoms with E-state index in [1.807, 2.05) is 6.92 Å². The van der Waals surface area contributed by atoms with Gasteiger partial charge in [-0.2, -0.15) is 0 Å². The number of aryl methyl sites for hydroxylation is 1. The third-order valence-corrected chi connectivity index (χ3v) is 2.53. The molecule has 2 aromatic rings. The summed E-state index contributed by atoms with van der Waals surface area (Å²) in [5.74, 6) is -0.842. The Hall–Kier alpha value is -2.43. The molecule has 0 bridgehead atoms. The predicted octanol–water partition coefficient (Wildman–Crippen LogP) is 2.36. The van der Waals surface area contributed by atoms with Crippen LogP contribution in [0.15, 0.2) is 36.7 Å². The van der Waals surface area contributed by atoms with Gasteiger partial charge in [-0.1, -0.05) is 0 Å². The number of rotatable bonds is 2. The van der Waals surface area contributed by atoms with Crippen LogP contribution in [0, 0.1) is 12.7 Å². The fourth-order valence-corrected chi connectivity index (χ4v) is 1.54. The van der Waals surface area contributed by atoms with Crippen molar-refractivity contribution in [1.29, 1.82) is 0 Å². The molecule has 0 spiro atoms. The molecule has 0 aliphatic carbocycles. The van der Waals surface area contributed by atoms with E-state index in [4.69, 9.17) is 5.73 Å². The van der Waals surface area contributed by atoms with Gasteiger partial charge in [0.15, 0.2) is 0 Å². The van der Waals surface area contributed by atoms with Crippen molar-refractivity contribution in [3.63, 3.8) is 0 Å². The van der Waals surface area contributed by atoms with Crippen molar-refractivity contribution in [1.82, 2.24) is 4.98 Å². The van der Waals surface area contributed by atoms with Gasteiger partial charge in [-0.25, -0.2) is 4.39 Å². The molecule has 0 unspecified atom stereocenters. The number of nitrogens with two attached hydrogens (primary N) is 1. The molecule has 1 amide bonds. The van der Waals surface area contributed by atoms with Gasteiger partial charge >= 0.3 is 0 Å². The van der Waals surface area contributed by atoms with Crippen molar-refractivity contribution in [3.05, 3.63) is 53.6 Å². The molecular formula is C13H12FN3O. The number of anilines is 2. The van der Waals surface area contributed by atoms with Crippen molar-refractivity contribution in [2.75, 3.05) is 11.1 Å². The Balaban J connectivity index is 2.25. The van der Waals surface area contributed by atoms with Gasteiger partial charge in [-0.15, -0.1) is 0 Å². The van der Waals surface area contributed by atoms with E-state index in [9.17, 15) is 9.18 Å². The summed E-state index contributed by atoms with van der Waals surface area (Å²) in [5.41, 5.74) is 7.45. The molecule has 1 aromatic heterocycles. The number of nitrogen functional groups attached to an aromatic ring is 1. The van der Waals surface area contributed by atoms with Crippen molar-refractivity contribution in [3.8, 4) is 0 Å². The Morgan fingerprint density at radius 1 is 1.39 bits per heavy atom. The Kier molecular flexibility index (Phi) is 3.23. The van der Waals surface area contributed by atoms with Gasteiger partial charge in [0, 0.05) is 23.8 Å². The van der Waals surface area contributed by atoms with Crippen LogP contribution in [0.4, 0.5) is 15.8 Å². The molecule has 0 aliphatic heterocycles. The summed E-state index contributed by atoms with van der Waals surface area (Å²) >= 11 is 0. The van der Waals surface area contributed by atoms with Gasteiger partial charge in [-0.05, 0) is 36.8 Å². The first-order chi connectivity index (χ1) is 8.58. The quantitative estimate of drug-likeness (QED) is 0.798. The molecular weight excluding hydrogens is 233 g/mol. The molecule has 0 aliphatic rings. The number of nitrogens with one attached hydrogen (secondary N) is 1. The van der Waals surface area contributed by atoms with E-state index in [0.29, 0.717) is 5.69 Å². The first kappa shape index (κ1) is 12.0. The molecule has 3 N–H and O–H groups in total. The Labute approximate surface area is 104 Å². The zero-order valence-electron chi connectivity index (χ0n) is 9.77. The second kappa shape index (κ2) is 4.83. The van der Waals surface area contributed by atoms with Gasteiger partial charge in [0.25, 0.3) is 5.91 Å². The summed E-state index contributed by atoms with van der Waals surface area (Å²) < 4.78 is 12.9. The average molecular weight is 245 g/mol. The van der Waals surface area contributed by atoms with E-state index in [1.54, 1.807) is 18.5 Å². The number of hydrogen-bond acceptors (Lipinski definition) is 3. The number of amides is 1. The summed E-state index contributed by atoms with van der Waals surface area (Å²) in [6.45, 7) is 1.83. The van der Waals surface area contributed by atoms with Gasteiger partial charge in [0.2, 0.25) is 0 Å². The average Bonchev–Trinajstić information content (AvgIpc) is 2.32. The van der Waals surface area contributed by atoms with Crippen LogP contribution < -0.4 is 11.1 Å². The highest BCUT2D eigenvalue weighted by Crippen LogP contribution is 2.17. The van der Waals surface area contributed by atoms with Crippen molar-refractivity contribution < 1.29 is 9.18 Å². The molecule has 1 heterocycles. The number of nitrogens with zero attached hydrogens (tertiary/aromatic N) is 1. The fourth-order valence-electron chi connectivity index (χ4n) is 1.54. The highest BCUT2D eigenvalue weighted by Gasteiger charge is 2.11. The summed E-state index contributed by atoms with van der Waals surface area (Å²) in [6.07, 6.45) is 3.22. The highest BCUT2D eigenvalue weighted by atomic mass is 19.1. The minimum atomic E-state index is -0.468. The smallest absolute Gasteiger partial charge is 0.257 e. The van der Waals surface area contributed by atoms with Crippen LogP contribution in [0.5, 0.6) is 0 Å². The van der Waals surface area contributed by atoms with Crippen LogP contribution in [0.2, 0.25) is 0 Å². The van der Waals surface area contributed by atoms with Crippen molar-refractivity contribution in [2.24, 2.45) is 0 Å². The molecule has 0 saturated heterocycles. The van der Waals surface area contributed by atoms with Crippen LogP contribution in [0.25, 0.3) is 0 Å². The third kappa shape index (κ3) is 2.45. The standard InChI is InChI=1S/C13H12FN3O/c1-8-7-16-5-4-12(8)17-13(18)10-3-2-9(14)6-11(10)15/h2-7H,15H2,1H3,(H,16,17,18). The number of carbonyl (C=O) groups is 1.